The van der Waals surface area contributed by atoms with Crippen LogP contribution in [0.2, 0.25) is 0 Å². The number of halogens is 1. The average molecular weight is 356 g/mol. The molecule has 0 bridgehead atoms. The Bertz CT molecular complexity index is 859. The Morgan fingerprint density at radius 3 is 2.60 bits per heavy atom. The van der Waals surface area contributed by atoms with Crippen LogP contribution in [0.5, 0.6) is 0 Å². The number of nitrogens with zero attached hydrogens (tertiary/aromatic N) is 2. The van der Waals surface area contributed by atoms with Gasteiger partial charge < -0.3 is 9.67 Å². The third-order valence-corrected chi connectivity index (χ3v) is 5.22. The van der Waals surface area contributed by atoms with Crippen LogP contribution < -0.4 is 0 Å². The fraction of sp³-hybridized carbons (Fsp3) is 0.250. The Kier molecular flexibility index (Phi) is 5.56. The zero-order valence-corrected chi connectivity index (χ0v) is 15.2. The Morgan fingerprint density at radius 2 is 1.88 bits per heavy atom. The SMILES string of the molecule is Cc1ccc(C)c(CSc2ncc(CO)n2Cc2ccc(F)cc2)c1. The number of hydrogen-bond donors (Lipinski definition) is 1. The number of hydrogen-bond acceptors (Lipinski definition) is 3. The normalized spacial score (nSPS) is 11.0. The summed E-state index contributed by atoms with van der Waals surface area (Å²) in [5.41, 5.74) is 5.52. The second-order valence-corrected chi connectivity index (χ2v) is 7.06. The minimum Gasteiger partial charge on any atom is -0.390 e. The lowest BCUT2D eigenvalue weighted by atomic mass is 10.1. The number of rotatable bonds is 6. The average Bonchev–Trinajstić information content (AvgIpc) is 2.99. The van der Waals surface area contributed by atoms with Gasteiger partial charge in [-0.3, -0.25) is 0 Å². The molecule has 0 saturated carbocycles. The molecule has 0 radical (unpaired) electrons. The molecule has 3 nitrogen and oxygen atoms in total. The van der Waals surface area contributed by atoms with E-state index in [0.717, 1.165) is 22.2 Å². The van der Waals surface area contributed by atoms with Crippen LogP contribution in [0.15, 0.2) is 53.8 Å². The van der Waals surface area contributed by atoms with Crippen LogP contribution in [0.25, 0.3) is 0 Å². The van der Waals surface area contributed by atoms with Gasteiger partial charge in [-0.05, 0) is 42.7 Å². The first kappa shape index (κ1) is 17.7. The highest BCUT2D eigenvalue weighted by Gasteiger charge is 2.12. The summed E-state index contributed by atoms with van der Waals surface area (Å²) in [6, 6.07) is 12.9. The number of aromatic nitrogens is 2. The van der Waals surface area contributed by atoms with Crippen molar-refractivity contribution < 1.29 is 9.50 Å². The third-order valence-electron chi connectivity index (χ3n) is 4.18. The van der Waals surface area contributed by atoms with Crippen molar-refractivity contribution in [1.82, 2.24) is 9.55 Å². The van der Waals surface area contributed by atoms with Crippen molar-refractivity contribution in [3.8, 4) is 0 Å². The van der Waals surface area contributed by atoms with Gasteiger partial charge >= 0.3 is 0 Å². The fourth-order valence-corrected chi connectivity index (χ4v) is 3.73. The van der Waals surface area contributed by atoms with Crippen LogP contribution in [0.3, 0.4) is 0 Å². The lowest BCUT2D eigenvalue weighted by Crippen LogP contribution is -2.06. The van der Waals surface area contributed by atoms with Crippen molar-refractivity contribution >= 4 is 11.8 Å². The van der Waals surface area contributed by atoms with Gasteiger partial charge in [0.25, 0.3) is 0 Å². The summed E-state index contributed by atoms with van der Waals surface area (Å²) >= 11 is 1.65. The van der Waals surface area contributed by atoms with Crippen molar-refractivity contribution in [2.45, 2.75) is 37.9 Å². The molecule has 0 aliphatic rings. The maximum atomic E-state index is 13.1. The highest BCUT2D eigenvalue weighted by molar-refractivity contribution is 7.98. The number of aliphatic hydroxyl groups is 1. The summed E-state index contributed by atoms with van der Waals surface area (Å²) in [5, 5.41) is 10.4. The van der Waals surface area contributed by atoms with E-state index in [1.165, 1.54) is 28.8 Å². The molecule has 0 aliphatic carbocycles. The molecule has 1 aromatic heterocycles. The molecule has 0 spiro atoms. The molecule has 2 aromatic carbocycles. The second-order valence-electron chi connectivity index (χ2n) is 6.12. The van der Waals surface area contributed by atoms with Gasteiger partial charge in [0.2, 0.25) is 0 Å². The van der Waals surface area contributed by atoms with E-state index >= 15 is 0 Å². The Hall–Kier alpha value is -2.11. The van der Waals surface area contributed by atoms with E-state index < -0.39 is 0 Å². The minimum atomic E-state index is -0.249. The van der Waals surface area contributed by atoms with Crippen LogP contribution in [-0.4, -0.2) is 14.7 Å². The highest BCUT2D eigenvalue weighted by Crippen LogP contribution is 2.26. The van der Waals surface area contributed by atoms with Crippen molar-refractivity contribution in [2.75, 3.05) is 0 Å². The van der Waals surface area contributed by atoms with Crippen molar-refractivity contribution in [2.24, 2.45) is 0 Å². The number of imidazole rings is 1. The van der Waals surface area contributed by atoms with Crippen molar-refractivity contribution in [3.63, 3.8) is 0 Å². The van der Waals surface area contributed by atoms with Gasteiger partial charge in [0.05, 0.1) is 18.5 Å². The predicted molar refractivity (Wildman–Crippen MR) is 99.1 cm³/mol. The summed E-state index contributed by atoms with van der Waals surface area (Å²) in [6.07, 6.45) is 1.70. The van der Waals surface area contributed by atoms with Gasteiger partial charge in [-0.1, -0.05) is 47.7 Å². The summed E-state index contributed by atoms with van der Waals surface area (Å²) in [6.45, 7) is 4.69. The van der Waals surface area contributed by atoms with E-state index in [4.69, 9.17) is 0 Å². The minimum absolute atomic E-state index is 0.0712. The molecule has 0 unspecified atom stereocenters. The largest absolute Gasteiger partial charge is 0.390 e. The first-order valence-electron chi connectivity index (χ1n) is 8.15. The van der Waals surface area contributed by atoms with Crippen LogP contribution in [-0.2, 0) is 18.9 Å². The Morgan fingerprint density at radius 1 is 1.12 bits per heavy atom. The molecular weight excluding hydrogens is 335 g/mol. The molecule has 25 heavy (non-hydrogen) atoms. The number of aryl methyl sites for hydroxylation is 2. The van der Waals surface area contributed by atoms with E-state index in [0.29, 0.717) is 6.54 Å². The predicted octanol–water partition coefficient (Wildman–Crippen LogP) is 4.47. The van der Waals surface area contributed by atoms with Gasteiger partial charge in [-0.15, -0.1) is 0 Å². The van der Waals surface area contributed by atoms with E-state index in [1.54, 1.807) is 30.1 Å². The zero-order valence-electron chi connectivity index (χ0n) is 14.4. The number of thioether (sulfide) groups is 1. The number of benzene rings is 2. The van der Waals surface area contributed by atoms with E-state index in [2.05, 4.69) is 37.0 Å². The molecule has 1 heterocycles. The molecule has 3 aromatic rings. The maximum absolute atomic E-state index is 13.1. The number of aliphatic hydroxyl groups excluding tert-OH is 1. The van der Waals surface area contributed by atoms with Crippen LogP contribution in [0.1, 0.15) is 27.9 Å². The van der Waals surface area contributed by atoms with E-state index in [1.807, 2.05) is 4.57 Å². The molecule has 0 atom stereocenters. The van der Waals surface area contributed by atoms with E-state index in [9.17, 15) is 9.50 Å². The lowest BCUT2D eigenvalue weighted by Gasteiger charge is -2.12. The second kappa shape index (κ2) is 7.85. The summed E-state index contributed by atoms with van der Waals surface area (Å²) in [4.78, 5) is 4.46. The van der Waals surface area contributed by atoms with Crippen LogP contribution in [0.4, 0.5) is 4.39 Å². The Labute approximate surface area is 151 Å². The molecule has 0 amide bonds. The Balaban J connectivity index is 1.80. The molecular formula is C20H21FN2OS. The van der Waals surface area contributed by atoms with Crippen LogP contribution >= 0.6 is 11.8 Å². The van der Waals surface area contributed by atoms with Gasteiger partial charge in [-0.25, -0.2) is 9.37 Å². The molecule has 0 fully saturated rings. The molecule has 130 valence electrons. The standard InChI is InChI=1S/C20H21FN2OS/c1-14-3-4-15(2)17(9-14)13-25-20-22-10-19(12-24)23(20)11-16-5-7-18(21)8-6-16/h3-10,24H,11-13H2,1-2H3. The van der Waals surface area contributed by atoms with E-state index in [-0.39, 0.29) is 12.4 Å². The van der Waals surface area contributed by atoms with Gasteiger partial charge in [-0.2, -0.15) is 0 Å². The maximum Gasteiger partial charge on any atom is 0.168 e. The highest BCUT2D eigenvalue weighted by atomic mass is 32.2. The quantitative estimate of drug-likeness (QED) is 0.662. The van der Waals surface area contributed by atoms with Gasteiger partial charge in [0, 0.05) is 12.3 Å². The first-order valence-corrected chi connectivity index (χ1v) is 9.14. The van der Waals surface area contributed by atoms with Gasteiger partial charge in [0.1, 0.15) is 5.82 Å². The first-order chi connectivity index (χ1) is 12.1. The van der Waals surface area contributed by atoms with Gasteiger partial charge in [0.15, 0.2) is 5.16 Å². The monoisotopic (exact) mass is 356 g/mol. The fourth-order valence-electron chi connectivity index (χ4n) is 2.67. The topological polar surface area (TPSA) is 38.1 Å². The summed E-state index contributed by atoms with van der Waals surface area (Å²) < 4.78 is 15.1. The molecule has 3 rings (SSSR count). The molecule has 5 heteroatoms. The van der Waals surface area contributed by atoms with Crippen molar-refractivity contribution in [1.29, 1.82) is 0 Å². The smallest absolute Gasteiger partial charge is 0.168 e. The van der Waals surface area contributed by atoms with Crippen molar-refractivity contribution in [3.05, 3.63) is 82.4 Å². The summed E-state index contributed by atoms with van der Waals surface area (Å²) in [7, 11) is 0. The summed E-state index contributed by atoms with van der Waals surface area (Å²) in [5.74, 6) is 0.569. The van der Waals surface area contributed by atoms with Crippen LogP contribution in [0, 0.1) is 19.7 Å². The zero-order chi connectivity index (χ0) is 17.8. The molecule has 0 aliphatic heterocycles. The lowest BCUT2D eigenvalue weighted by molar-refractivity contribution is 0.270. The molecule has 0 saturated heterocycles. The third kappa shape index (κ3) is 4.30. The molecule has 1 N–H and O–H groups in total.